The van der Waals surface area contributed by atoms with Crippen molar-refractivity contribution in [3.05, 3.63) is 69.8 Å². The van der Waals surface area contributed by atoms with Crippen LogP contribution >= 0.6 is 0 Å². The summed E-state index contributed by atoms with van der Waals surface area (Å²) in [6.07, 6.45) is 0. The summed E-state index contributed by atoms with van der Waals surface area (Å²) in [5, 5.41) is 13.9. The van der Waals surface area contributed by atoms with Crippen LogP contribution in [0.3, 0.4) is 0 Å². The van der Waals surface area contributed by atoms with Crippen molar-refractivity contribution in [3.63, 3.8) is 0 Å². The Morgan fingerprint density at radius 2 is 1.79 bits per heavy atom. The fourth-order valence-electron chi connectivity index (χ4n) is 3.91. The first-order valence-corrected chi connectivity index (χ1v) is 11.0. The number of carbonyl (C=O) groups is 2. The average Bonchev–Trinajstić information content (AvgIpc) is 2.82. The molecule has 1 aliphatic heterocycles. The van der Waals surface area contributed by atoms with Gasteiger partial charge >= 0.3 is 0 Å². The molecule has 0 aliphatic carbocycles. The van der Waals surface area contributed by atoms with Gasteiger partial charge in [-0.3, -0.25) is 24.6 Å². The summed E-state index contributed by atoms with van der Waals surface area (Å²) in [6.45, 7) is 6.76. The fraction of sp³-hybridized carbons (Fsp3) is 0.417. The zero-order valence-electron chi connectivity index (χ0n) is 19.2. The Bertz CT molecular complexity index is 1000. The minimum absolute atomic E-state index is 0.0758. The van der Waals surface area contributed by atoms with Crippen LogP contribution in [0.2, 0.25) is 0 Å². The Labute approximate surface area is 193 Å². The molecule has 1 aliphatic rings. The summed E-state index contributed by atoms with van der Waals surface area (Å²) < 4.78 is 5.27. The summed E-state index contributed by atoms with van der Waals surface area (Å²) in [4.78, 5) is 40.6. The normalized spacial score (nSPS) is 15.2. The quantitative estimate of drug-likeness (QED) is 0.486. The van der Waals surface area contributed by atoms with Crippen LogP contribution in [-0.4, -0.2) is 65.9 Å². The Morgan fingerprint density at radius 1 is 1.09 bits per heavy atom. The van der Waals surface area contributed by atoms with Gasteiger partial charge in [-0.15, -0.1) is 0 Å². The molecule has 1 fully saturated rings. The Balaban J connectivity index is 1.60. The van der Waals surface area contributed by atoms with Crippen molar-refractivity contribution in [3.8, 4) is 5.75 Å². The molecule has 2 aromatic carbocycles. The Morgan fingerprint density at radius 3 is 2.42 bits per heavy atom. The molecule has 0 aromatic heterocycles. The van der Waals surface area contributed by atoms with E-state index >= 15 is 0 Å². The highest BCUT2D eigenvalue weighted by Gasteiger charge is 2.31. The maximum atomic E-state index is 13.2. The molecule has 1 N–H and O–H groups in total. The third kappa shape index (κ3) is 6.07. The number of methoxy groups -OCH3 is 1. The van der Waals surface area contributed by atoms with Gasteiger partial charge in [0.25, 0.3) is 11.6 Å². The summed E-state index contributed by atoms with van der Waals surface area (Å²) >= 11 is 0. The van der Waals surface area contributed by atoms with Crippen LogP contribution in [0.15, 0.2) is 48.5 Å². The van der Waals surface area contributed by atoms with Gasteiger partial charge in [0.1, 0.15) is 11.8 Å². The molecule has 176 valence electrons. The van der Waals surface area contributed by atoms with Crippen molar-refractivity contribution in [2.45, 2.75) is 26.4 Å². The fourth-order valence-corrected chi connectivity index (χ4v) is 3.91. The highest BCUT2D eigenvalue weighted by Crippen LogP contribution is 2.19. The summed E-state index contributed by atoms with van der Waals surface area (Å²) in [7, 11) is 1.50. The third-order valence-electron chi connectivity index (χ3n) is 5.78. The molecule has 3 rings (SSSR count). The zero-order valence-corrected chi connectivity index (χ0v) is 19.2. The number of benzene rings is 2. The zero-order chi connectivity index (χ0) is 24.0. The molecule has 0 radical (unpaired) electrons. The van der Waals surface area contributed by atoms with Crippen LogP contribution in [0.1, 0.15) is 29.8 Å². The van der Waals surface area contributed by atoms with E-state index < -0.39 is 11.0 Å². The van der Waals surface area contributed by atoms with E-state index in [1.807, 2.05) is 19.9 Å². The van der Waals surface area contributed by atoms with Gasteiger partial charge in [0.15, 0.2) is 0 Å². The van der Waals surface area contributed by atoms with Gasteiger partial charge in [0.05, 0.1) is 17.6 Å². The molecule has 1 heterocycles. The Hall–Kier alpha value is -3.46. The van der Waals surface area contributed by atoms with Gasteiger partial charge in [0, 0.05) is 44.9 Å². The number of carbonyl (C=O) groups excluding carboxylic acids is 2. The van der Waals surface area contributed by atoms with Gasteiger partial charge in [0.2, 0.25) is 5.91 Å². The average molecular weight is 455 g/mol. The molecule has 2 amide bonds. The van der Waals surface area contributed by atoms with Gasteiger partial charge < -0.3 is 15.0 Å². The number of nitro benzene ring substituents is 1. The van der Waals surface area contributed by atoms with E-state index in [4.69, 9.17) is 4.74 Å². The first-order valence-electron chi connectivity index (χ1n) is 11.0. The number of nitrogens with zero attached hydrogens (tertiary/aromatic N) is 3. The molecular formula is C24H30N4O5. The lowest BCUT2D eigenvalue weighted by Gasteiger charge is -2.37. The monoisotopic (exact) mass is 454 g/mol. The second-order valence-electron chi connectivity index (χ2n) is 8.42. The molecule has 0 bridgehead atoms. The maximum absolute atomic E-state index is 13.2. The molecule has 2 aromatic rings. The highest BCUT2D eigenvalue weighted by molar-refractivity contribution is 5.99. The molecular weight excluding hydrogens is 424 g/mol. The first-order chi connectivity index (χ1) is 15.8. The number of rotatable bonds is 8. The minimum Gasteiger partial charge on any atom is -0.496 e. The molecule has 0 spiro atoms. The molecule has 9 heteroatoms. The number of non-ortho nitro benzene ring substituents is 1. The number of hydrogen-bond acceptors (Lipinski definition) is 6. The maximum Gasteiger partial charge on any atom is 0.269 e. The predicted octanol–water partition coefficient (Wildman–Crippen LogP) is 2.70. The number of hydrogen-bond donors (Lipinski definition) is 1. The standard InChI is InChI=1S/C24H30N4O5/c1-17(2)22(25-23(29)20-9-4-5-10-21(20)33-3)24(30)27-13-11-26(12-14-27)16-18-7-6-8-19(15-18)28(31)32/h4-10,15,17,22H,11-14,16H2,1-3H3,(H,25,29). The second-order valence-corrected chi connectivity index (χ2v) is 8.42. The molecule has 1 atom stereocenters. The highest BCUT2D eigenvalue weighted by atomic mass is 16.6. The molecule has 0 saturated carbocycles. The molecule has 9 nitrogen and oxygen atoms in total. The number of piperazine rings is 1. The number of nitro groups is 1. The van der Waals surface area contributed by atoms with Crippen molar-refractivity contribution in [2.75, 3.05) is 33.3 Å². The summed E-state index contributed by atoms with van der Waals surface area (Å²) in [5.41, 5.74) is 1.33. The lowest BCUT2D eigenvalue weighted by Crippen LogP contribution is -2.56. The van der Waals surface area contributed by atoms with Gasteiger partial charge in [-0.2, -0.15) is 0 Å². The SMILES string of the molecule is COc1ccccc1C(=O)NC(C(=O)N1CCN(Cc2cccc([N+](=O)[O-])c2)CC1)C(C)C. The van der Waals surface area contributed by atoms with Crippen LogP contribution in [0, 0.1) is 16.0 Å². The van der Waals surface area contributed by atoms with Crippen LogP contribution < -0.4 is 10.1 Å². The third-order valence-corrected chi connectivity index (χ3v) is 5.78. The number of ether oxygens (including phenoxy) is 1. The number of para-hydroxylation sites is 1. The Kier molecular flexibility index (Phi) is 8.00. The van der Waals surface area contributed by atoms with Crippen LogP contribution in [0.25, 0.3) is 0 Å². The van der Waals surface area contributed by atoms with E-state index in [9.17, 15) is 19.7 Å². The van der Waals surface area contributed by atoms with Gasteiger partial charge in [-0.1, -0.05) is 38.1 Å². The number of nitrogens with one attached hydrogen (secondary N) is 1. The lowest BCUT2D eigenvalue weighted by molar-refractivity contribution is -0.384. The van der Waals surface area contributed by atoms with E-state index in [2.05, 4.69) is 10.2 Å². The topological polar surface area (TPSA) is 105 Å². The number of amides is 2. The molecule has 1 unspecified atom stereocenters. The van der Waals surface area contributed by atoms with E-state index in [0.29, 0.717) is 44.0 Å². The second kappa shape index (κ2) is 10.9. The van der Waals surface area contributed by atoms with Gasteiger partial charge in [-0.05, 0) is 23.6 Å². The van der Waals surface area contributed by atoms with Crippen molar-refractivity contribution < 1.29 is 19.2 Å². The molecule has 33 heavy (non-hydrogen) atoms. The van der Waals surface area contributed by atoms with Gasteiger partial charge in [-0.25, -0.2) is 0 Å². The largest absolute Gasteiger partial charge is 0.496 e. The summed E-state index contributed by atoms with van der Waals surface area (Å²) in [6, 6.07) is 12.9. The van der Waals surface area contributed by atoms with Crippen molar-refractivity contribution in [1.29, 1.82) is 0 Å². The van der Waals surface area contributed by atoms with Crippen molar-refractivity contribution >= 4 is 17.5 Å². The first kappa shape index (κ1) is 24.2. The van der Waals surface area contributed by atoms with Crippen LogP contribution in [0.4, 0.5) is 5.69 Å². The lowest BCUT2D eigenvalue weighted by atomic mass is 10.0. The smallest absolute Gasteiger partial charge is 0.269 e. The van der Waals surface area contributed by atoms with Crippen LogP contribution in [0.5, 0.6) is 5.75 Å². The van der Waals surface area contributed by atoms with Crippen LogP contribution in [-0.2, 0) is 11.3 Å². The minimum atomic E-state index is -0.647. The van der Waals surface area contributed by atoms with E-state index in [1.54, 1.807) is 41.3 Å². The van der Waals surface area contributed by atoms with E-state index in [-0.39, 0.29) is 23.4 Å². The molecule has 1 saturated heterocycles. The predicted molar refractivity (Wildman–Crippen MR) is 124 cm³/mol. The van der Waals surface area contributed by atoms with Crippen molar-refractivity contribution in [1.82, 2.24) is 15.1 Å². The van der Waals surface area contributed by atoms with E-state index in [0.717, 1.165) is 5.56 Å². The van der Waals surface area contributed by atoms with Crippen molar-refractivity contribution in [2.24, 2.45) is 5.92 Å². The van der Waals surface area contributed by atoms with E-state index in [1.165, 1.54) is 13.2 Å². The summed E-state index contributed by atoms with van der Waals surface area (Å²) in [5.74, 6) is -0.0779.